The minimum absolute atomic E-state index is 0.0233. The molecular weight excluding hydrogens is 256 g/mol. The summed E-state index contributed by atoms with van der Waals surface area (Å²) in [5.74, 6) is -1.13. The molecule has 0 radical (unpaired) electrons. The van der Waals surface area contributed by atoms with E-state index in [1.807, 2.05) is 6.07 Å². The van der Waals surface area contributed by atoms with E-state index in [9.17, 15) is 13.2 Å². The van der Waals surface area contributed by atoms with Crippen LogP contribution in [0, 0.1) is 0 Å². The molecule has 1 aliphatic heterocycles. The van der Waals surface area contributed by atoms with Gasteiger partial charge in [0.1, 0.15) is 6.04 Å². The van der Waals surface area contributed by atoms with Crippen molar-refractivity contribution in [1.82, 2.24) is 8.61 Å². The van der Waals surface area contributed by atoms with Crippen LogP contribution in [-0.2, 0) is 21.5 Å². The van der Waals surface area contributed by atoms with Gasteiger partial charge in [-0.3, -0.25) is 4.79 Å². The minimum Gasteiger partial charge on any atom is -0.480 e. The van der Waals surface area contributed by atoms with E-state index in [-0.39, 0.29) is 13.1 Å². The van der Waals surface area contributed by atoms with E-state index in [1.165, 1.54) is 7.05 Å². The molecule has 6 nitrogen and oxygen atoms in total. The molecule has 0 bridgehead atoms. The summed E-state index contributed by atoms with van der Waals surface area (Å²) in [6, 6.07) is 7.91. The van der Waals surface area contributed by atoms with Crippen LogP contribution < -0.4 is 0 Å². The predicted octanol–water partition coefficient (Wildman–Crippen LogP) is 0.132. The van der Waals surface area contributed by atoms with Crippen molar-refractivity contribution in [3.63, 3.8) is 0 Å². The van der Waals surface area contributed by atoms with Crippen LogP contribution in [0.2, 0.25) is 0 Å². The van der Waals surface area contributed by atoms with Crippen molar-refractivity contribution in [3.8, 4) is 0 Å². The number of likely N-dealkylation sites (N-methyl/N-ethyl adjacent to an activating group) is 1. The van der Waals surface area contributed by atoms with E-state index in [2.05, 4.69) is 0 Å². The summed E-state index contributed by atoms with van der Waals surface area (Å²) < 4.78 is 26.1. The molecule has 0 unspecified atom stereocenters. The van der Waals surface area contributed by atoms with Gasteiger partial charge in [0.15, 0.2) is 0 Å². The third-order valence-electron chi connectivity index (χ3n) is 2.93. The molecule has 0 aliphatic carbocycles. The van der Waals surface area contributed by atoms with Gasteiger partial charge in [0.25, 0.3) is 10.2 Å². The number of carbonyl (C=O) groups is 1. The highest BCUT2D eigenvalue weighted by atomic mass is 32.2. The molecule has 7 heteroatoms. The quantitative estimate of drug-likeness (QED) is 0.847. The summed E-state index contributed by atoms with van der Waals surface area (Å²) in [5, 5.41) is 9.08. The predicted molar refractivity (Wildman–Crippen MR) is 65.0 cm³/mol. The molecular formula is C11H14N2O4S. The Morgan fingerprint density at radius 2 is 2.00 bits per heavy atom. The lowest BCUT2D eigenvalue weighted by atomic mass is 10.2. The second-order valence-corrected chi connectivity index (χ2v) is 6.16. The van der Waals surface area contributed by atoms with Crippen molar-refractivity contribution in [2.75, 3.05) is 13.6 Å². The Morgan fingerprint density at radius 1 is 1.39 bits per heavy atom. The smallest absolute Gasteiger partial charge is 0.323 e. The molecule has 2 rings (SSSR count). The van der Waals surface area contributed by atoms with Crippen molar-refractivity contribution >= 4 is 16.2 Å². The van der Waals surface area contributed by atoms with Gasteiger partial charge in [0.2, 0.25) is 0 Å². The SMILES string of the molecule is CN1C[C@@H](C(=O)O)N(Cc2ccccc2)S1(=O)=O. The fraction of sp³-hybridized carbons (Fsp3) is 0.364. The fourth-order valence-electron chi connectivity index (χ4n) is 1.93. The summed E-state index contributed by atoms with van der Waals surface area (Å²) >= 11 is 0. The van der Waals surface area contributed by atoms with Crippen LogP contribution in [-0.4, -0.2) is 47.7 Å². The topological polar surface area (TPSA) is 77.9 Å². The van der Waals surface area contributed by atoms with Crippen LogP contribution in [0.3, 0.4) is 0 Å². The van der Waals surface area contributed by atoms with Crippen LogP contribution >= 0.6 is 0 Å². The number of hydrogen-bond acceptors (Lipinski definition) is 3. The number of hydrogen-bond donors (Lipinski definition) is 1. The number of rotatable bonds is 3. The molecule has 1 aromatic carbocycles. The molecule has 0 aromatic heterocycles. The van der Waals surface area contributed by atoms with Crippen molar-refractivity contribution < 1.29 is 18.3 Å². The Balaban J connectivity index is 2.30. The fourth-order valence-corrected chi connectivity index (χ4v) is 3.40. The van der Waals surface area contributed by atoms with Crippen molar-refractivity contribution in [2.24, 2.45) is 0 Å². The molecule has 1 atom stereocenters. The lowest BCUT2D eigenvalue weighted by Crippen LogP contribution is -2.39. The monoisotopic (exact) mass is 270 g/mol. The highest BCUT2D eigenvalue weighted by molar-refractivity contribution is 7.87. The zero-order chi connectivity index (χ0) is 13.3. The van der Waals surface area contributed by atoms with Gasteiger partial charge in [-0.2, -0.15) is 17.0 Å². The van der Waals surface area contributed by atoms with E-state index in [0.717, 1.165) is 14.2 Å². The van der Waals surface area contributed by atoms with Gasteiger partial charge in [0.05, 0.1) is 0 Å². The minimum atomic E-state index is -3.67. The Labute approximate surface area is 106 Å². The number of carboxylic acid groups (broad SMARTS) is 1. The summed E-state index contributed by atoms with van der Waals surface area (Å²) in [6.07, 6.45) is 0. The van der Waals surface area contributed by atoms with Crippen LogP contribution in [0.15, 0.2) is 30.3 Å². The first-order valence-electron chi connectivity index (χ1n) is 5.43. The van der Waals surface area contributed by atoms with Crippen molar-refractivity contribution in [3.05, 3.63) is 35.9 Å². The summed E-state index contributed by atoms with van der Waals surface area (Å²) in [7, 11) is -2.29. The number of carboxylic acids is 1. The summed E-state index contributed by atoms with van der Waals surface area (Å²) in [6.45, 7) is 0.0506. The maximum atomic E-state index is 12.0. The molecule has 98 valence electrons. The maximum absolute atomic E-state index is 12.0. The second kappa shape index (κ2) is 4.68. The molecule has 1 saturated heterocycles. The second-order valence-electron chi connectivity index (χ2n) is 4.17. The molecule has 1 aliphatic rings. The molecule has 18 heavy (non-hydrogen) atoms. The highest BCUT2D eigenvalue weighted by Gasteiger charge is 2.45. The van der Waals surface area contributed by atoms with E-state index in [1.54, 1.807) is 24.3 Å². The van der Waals surface area contributed by atoms with Gasteiger partial charge in [-0.15, -0.1) is 0 Å². The molecule has 1 fully saturated rings. The third kappa shape index (κ3) is 2.24. The van der Waals surface area contributed by atoms with Crippen LogP contribution in [0.1, 0.15) is 5.56 Å². The summed E-state index contributed by atoms with van der Waals surface area (Å²) in [5.41, 5.74) is 0.766. The lowest BCUT2D eigenvalue weighted by Gasteiger charge is -2.19. The molecule has 0 spiro atoms. The van der Waals surface area contributed by atoms with Gasteiger partial charge >= 0.3 is 5.97 Å². The van der Waals surface area contributed by atoms with Gasteiger partial charge in [0, 0.05) is 20.1 Å². The lowest BCUT2D eigenvalue weighted by molar-refractivity contribution is -0.141. The third-order valence-corrected chi connectivity index (χ3v) is 4.85. The average molecular weight is 270 g/mol. The molecule has 1 heterocycles. The van der Waals surface area contributed by atoms with E-state index in [4.69, 9.17) is 5.11 Å². The normalized spacial score (nSPS) is 24.2. The van der Waals surface area contributed by atoms with Gasteiger partial charge in [-0.25, -0.2) is 0 Å². The Bertz CT molecular complexity index is 543. The van der Waals surface area contributed by atoms with Gasteiger partial charge < -0.3 is 5.11 Å². The largest absolute Gasteiger partial charge is 0.480 e. The Morgan fingerprint density at radius 3 is 2.56 bits per heavy atom. The van der Waals surface area contributed by atoms with Crippen molar-refractivity contribution in [1.29, 1.82) is 0 Å². The van der Waals surface area contributed by atoms with E-state index >= 15 is 0 Å². The van der Waals surface area contributed by atoms with E-state index < -0.39 is 22.2 Å². The zero-order valence-corrected chi connectivity index (χ0v) is 10.7. The Hall–Kier alpha value is -1.44. The zero-order valence-electron chi connectivity index (χ0n) is 9.85. The van der Waals surface area contributed by atoms with Gasteiger partial charge in [-0.1, -0.05) is 30.3 Å². The van der Waals surface area contributed by atoms with Crippen LogP contribution in [0.4, 0.5) is 0 Å². The maximum Gasteiger partial charge on any atom is 0.323 e. The van der Waals surface area contributed by atoms with Crippen molar-refractivity contribution in [2.45, 2.75) is 12.6 Å². The first-order chi connectivity index (χ1) is 8.43. The number of nitrogens with zero attached hydrogens (tertiary/aromatic N) is 2. The first kappa shape index (κ1) is 13.0. The van der Waals surface area contributed by atoms with Gasteiger partial charge in [-0.05, 0) is 5.56 Å². The number of benzene rings is 1. The molecule has 0 saturated carbocycles. The molecule has 1 aromatic rings. The standard InChI is InChI=1S/C11H14N2O4S/c1-12-8-10(11(14)15)13(18(12,16)17)7-9-5-3-2-4-6-9/h2-6,10H,7-8H2,1H3,(H,14,15)/t10-/m0/s1. The molecule has 0 amide bonds. The highest BCUT2D eigenvalue weighted by Crippen LogP contribution is 2.23. The van der Waals surface area contributed by atoms with E-state index in [0.29, 0.717) is 0 Å². The summed E-state index contributed by atoms with van der Waals surface area (Å²) in [4.78, 5) is 11.1. The Kier molecular flexibility index (Phi) is 3.38. The van der Waals surface area contributed by atoms with Crippen LogP contribution in [0.25, 0.3) is 0 Å². The first-order valence-corrected chi connectivity index (χ1v) is 6.82. The average Bonchev–Trinajstić information content (AvgIpc) is 2.54. The molecule has 1 N–H and O–H groups in total. The number of aliphatic carboxylic acids is 1. The van der Waals surface area contributed by atoms with Crippen LogP contribution in [0.5, 0.6) is 0 Å².